The zero-order chi connectivity index (χ0) is 16.8. The largest absolute Gasteiger partial charge is 0.484 e. The minimum atomic E-state index is -0.348. The first-order chi connectivity index (χ1) is 11.0. The van der Waals surface area contributed by atoms with E-state index in [4.69, 9.17) is 27.9 Å². The fourth-order valence-electron chi connectivity index (χ4n) is 1.76. The van der Waals surface area contributed by atoms with Gasteiger partial charge in [-0.05, 0) is 54.8 Å². The number of benzene rings is 2. The van der Waals surface area contributed by atoms with E-state index in [1.165, 1.54) is 11.8 Å². The molecule has 0 atom stereocenters. The van der Waals surface area contributed by atoms with Crippen molar-refractivity contribution in [2.45, 2.75) is 13.8 Å². The van der Waals surface area contributed by atoms with Gasteiger partial charge in [-0.1, -0.05) is 35.3 Å². The Balaban J connectivity index is 1.83. The van der Waals surface area contributed by atoms with Gasteiger partial charge in [0.1, 0.15) is 5.75 Å². The van der Waals surface area contributed by atoms with Crippen molar-refractivity contribution >= 4 is 35.3 Å². The third kappa shape index (κ3) is 5.27. The Morgan fingerprint density at radius 3 is 2.61 bits per heavy atom. The van der Waals surface area contributed by atoms with Crippen molar-refractivity contribution in [3.05, 3.63) is 63.1 Å². The van der Waals surface area contributed by atoms with Gasteiger partial charge in [0, 0.05) is 0 Å². The number of hydrazone groups is 1. The molecule has 0 bridgehead atoms. The van der Waals surface area contributed by atoms with Gasteiger partial charge in [0.25, 0.3) is 5.91 Å². The molecule has 0 saturated heterocycles. The van der Waals surface area contributed by atoms with Gasteiger partial charge in [-0.25, -0.2) is 5.43 Å². The second-order valence-corrected chi connectivity index (χ2v) is 5.82. The first kappa shape index (κ1) is 17.3. The van der Waals surface area contributed by atoms with E-state index >= 15 is 0 Å². The summed E-state index contributed by atoms with van der Waals surface area (Å²) < 4.78 is 5.42. The number of ether oxygens (including phenoxy) is 1. The molecule has 0 aliphatic heterocycles. The Morgan fingerprint density at radius 2 is 1.91 bits per heavy atom. The first-order valence-electron chi connectivity index (χ1n) is 6.92. The molecule has 0 unspecified atom stereocenters. The van der Waals surface area contributed by atoms with Crippen LogP contribution in [-0.4, -0.2) is 18.7 Å². The highest BCUT2D eigenvalue weighted by Crippen LogP contribution is 2.21. The SMILES string of the molecule is Cc1ccc(OCC(=O)N/N=C/c2ccc(Cl)c(Cl)c2)cc1C. The molecule has 0 heterocycles. The van der Waals surface area contributed by atoms with Crippen molar-refractivity contribution in [2.75, 3.05) is 6.61 Å². The first-order valence-corrected chi connectivity index (χ1v) is 7.68. The third-order valence-corrected chi connectivity index (χ3v) is 3.93. The summed E-state index contributed by atoms with van der Waals surface area (Å²) in [6.45, 7) is 3.90. The summed E-state index contributed by atoms with van der Waals surface area (Å²) in [6.07, 6.45) is 1.48. The van der Waals surface area contributed by atoms with Crippen LogP contribution in [0.25, 0.3) is 0 Å². The van der Waals surface area contributed by atoms with Crippen LogP contribution < -0.4 is 10.2 Å². The molecule has 2 aromatic carbocycles. The molecule has 0 fully saturated rings. The molecule has 0 aliphatic rings. The Labute approximate surface area is 145 Å². The fourth-order valence-corrected chi connectivity index (χ4v) is 2.06. The Morgan fingerprint density at radius 1 is 1.13 bits per heavy atom. The molecule has 0 aliphatic carbocycles. The quantitative estimate of drug-likeness (QED) is 0.650. The number of rotatable bonds is 5. The molecule has 0 radical (unpaired) electrons. The predicted molar refractivity (Wildman–Crippen MR) is 93.6 cm³/mol. The number of carbonyl (C=O) groups excluding carboxylic acids is 1. The van der Waals surface area contributed by atoms with E-state index < -0.39 is 0 Å². The summed E-state index contributed by atoms with van der Waals surface area (Å²) in [5.74, 6) is 0.302. The molecule has 120 valence electrons. The molecule has 0 saturated carbocycles. The molecular formula is C17H16Cl2N2O2. The van der Waals surface area contributed by atoms with Crippen LogP contribution in [0, 0.1) is 13.8 Å². The number of hydrogen-bond donors (Lipinski definition) is 1. The normalized spacial score (nSPS) is 10.8. The van der Waals surface area contributed by atoms with Crippen molar-refractivity contribution < 1.29 is 9.53 Å². The monoisotopic (exact) mass is 350 g/mol. The van der Waals surface area contributed by atoms with E-state index in [9.17, 15) is 4.79 Å². The summed E-state index contributed by atoms with van der Waals surface area (Å²) in [6, 6.07) is 10.7. The maximum absolute atomic E-state index is 11.7. The summed E-state index contributed by atoms with van der Waals surface area (Å²) in [4.78, 5) is 11.7. The standard InChI is InChI=1S/C17H16Cl2N2O2/c1-11-3-5-14(7-12(11)2)23-10-17(22)21-20-9-13-4-6-15(18)16(19)8-13/h3-9H,10H2,1-2H3,(H,21,22)/b20-9+. The van der Waals surface area contributed by atoms with Gasteiger partial charge in [0.05, 0.1) is 16.3 Å². The van der Waals surface area contributed by atoms with Crippen LogP contribution in [0.4, 0.5) is 0 Å². The Kier molecular flexibility index (Phi) is 6.02. The molecule has 6 heteroatoms. The van der Waals surface area contributed by atoms with E-state index in [1.54, 1.807) is 18.2 Å². The number of nitrogens with one attached hydrogen (secondary N) is 1. The lowest BCUT2D eigenvalue weighted by Crippen LogP contribution is -2.24. The van der Waals surface area contributed by atoms with Gasteiger partial charge in [-0.2, -0.15) is 5.10 Å². The molecule has 2 rings (SSSR count). The number of aryl methyl sites for hydroxylation is 2. The van der Waals surface area contributed by atoms with Gasteiger partial charge in [0.15, 0.2) is 6.61 Å². The topological polar surface area (TPSA) is 50.7 Å². The van der Waals surface area contributed by atoms with Crippen molar-refractivity contribution in [1.82, 2.24) is 5.43 Å². The molecule has 0 aromatic heterocycles. The van der Waals surface area contributed by atoms with E-state index in [-0.39, 0.29) is 12.5 Å². The van der Waals surface area contributed by atoms with Crippen LogP contribution in [0.2, 0.25) is 10.0 Å². The molecule has 4 nitrogen and oxygen atoms in total. The molecule has 1 amide bonds. The average Bonchev–Trinajstić information content (AvgIpc) is 2.52. The van der Waals surface area contributed by atoms with Gasteiger partial charge in [-0.15, -0.1) is 0 Å². The van der Waals surface area contributed by atoms with E-state index in [0.717, 1.165) is 11.1 Å². The highest BCUT2D eigenvalue weighted by molar-refractivity contribution is 6.42. The lowest BCUT2D eigenvalue weighted by atomic mass is 10.1. The minimum Gasteiger partial charge on any atom is -0.484 e. The zero-order valence-corrected chi connectivity index (χ0v) is 14.3. The van der Waals surface area contributed by atoms with Crippen molar-refractivity contribution in [1.29, 1.82) is 0 Å². The summed E-state index contributed by atoms with van der Waals surface area (Å²) in [7, 11) is 0. The molecule has 2 aromatic rings. The van der Waals surface area contributed by atoms with Crippen LogP contribution >= 0.6 is 23.2 Å². The van der Waals surface area contributed by atoms with Crippen molar-refractivity contribution in [3.8, 4) is 5.75 Å². The fraction of sp³-hybridized carbons (Fsp3) is 0.176. The molecule has 0 spiro atoms. The minimum absolute atomic E-state index is 0.110. The number of hydrogen-bond acceptors (Lipinski definition) is 3. The lowest BCUT2D eigenvalue weighted by Gasteiger charge is -2.07. The van der Waals surface area contributed by atoms with Gasteiger partial charge in [-0.3, -0.25) is 4.79 Å². The average molecular weight is 351 g/mol. The summed E-state index contributed by atoms with van der Waals surface area (Å²) in [5.41, 5.74) is 5.41. The van der Waals surface area contributed by atoms with Crippen LogP contribution in [-0.2, 0) is 4.79 Å². The zero-order valence-electron chi connectivity index (χ0n) is 12.8. The maximum Gasteiger partial charge on any atom is 0.277 e. The van der Waals surface area contributed by atoms with E-state index in [2.05, 4.69) is 10.5 Å². The highest BCUT2D eigenvalue weighted by atomic mass is 35.5. The smallest absolute Gasteiger partial charge is 0.277 e. The van der Waals surface area contributed by atoms with Crippen molar-refractivity contribution in [2.24, 2.45) is 5.10 Å². The number of nitrogens with zero attached hydrogens (tertiary/aromatic N) is 1. The Bertz CT molecular complexity index is 745. The van der Waals surface area contributed by atoms with E-state index in [1.807, 2.05) is 32.0 Å². The maximum atomic E-state index is 11.7. The molecular weight excluding hydrogens is 335 g/mol. The number of amides is 1. The van der Waals surface area contributed by atoms with Gasteiger partial charge >= 0.3 is 0 Å². The van der Waals surface area contributed by atoms with Crippen LogP contribution in [0.5, 0.6) is 5.75 Å². The Hall–Kier alpha value is -2.04. The van der Waals surface area contributed by atoms with Gasteiger partial charge in [0.2, 0.25) is 0 Å². The van der Waals surface area contributed by atoms with Crippen molar-refractivity contribution in [3.63, 3.8) is 0 Å². The van der Waals surface area contributed by atoms with E-state index in [0.29, 0.717) is 15.8 Å². The van der Waals surface area contributed by atoms with Crippen LogP contribution in [0.3, 0.4) is 0 Å². The van der Waals surface area contributed by atoms with Crippen LogP contribution in [0.15, 0.2) is 41.5 Å². The van der Waals surface area contributed by atoms with Crippen LogP contribution in [0.1, 0.15) is 16.7 Å². The van der Waals surface area contributed by atoms with Gasteiger partial charge < -0.3 is 4.74 Å². The second-order valence-electron chi connectivity index (χ2n) is 5.00. The third-order valence-electron chi connectivity index (χ3n) is 3.19. The number of halogens is 2. The lowest BCUT2D eigenvalue weighted by molar-refractivity contribution is -0.123. The molecule has 1 N–H and O–H groups in total. The molecule has 23 heavy (non-hydrogen) atoms. The summed E-state index contributed by atoms with van der Waals surface area (Å²) >= 11 is 11.7. The summed E-state index contributed by atoms with van der Waals surface area (Å²) in [5, 5.41) is 4.75. The number of carbonyl (C=O) groups is 1. The highest BCUT2D eigenvalue weighted by Gasteiger charge is 2.03. The predicted octanol–water partition coefficient (Wildman–Crippen LogP) is 4.14. The second kappa shape index (κ2) is 7.99.